The van der Waals surface area contributed by atoms with Gasteiger partial charge in [-0.15, -0.1) is 0 Å². The van der Waals surface area contributed by atoms with E-state index in [1.807, 2.05) is 0 Å². The molecule has 9 heteroatoms. The van der Waals surface area contributed by atoms with Gasteiger partial charge in [-0.3, -0.25) is 0 Å². The van der Waals surface area contributed by atoms with E-state index in [1.165, 1.54) is 19.2 Å². The molecular formula is C17H13F6NOS. The lowest BCUT2D eigenvalue weighted by atomic mass is 10.1. The van der Waals surface area contributed by atoms with E-state index < -0.39 is 23.5 Å². The number of ether oxygens (including phenoxy) is 1. The van der Waals surface area contributed by atoms with Gasteiger partial charge in [0.2, 0.25) is 0 Å². The minimum Gasteiger partial charge on any atom is -0.383 e. The second-order valence-electron chi connectivity index (χ2n) is 5.61. The molecule has 26 heavy (non-hydrogen) atoms. The second kappa shape index (κ2) is 6.70. The number of benzene rings is 2. The molecule has 0 saturated carbocycles. The Hall–Kier alpha value is -1.87. The highest BCUT2D eigenvalue weighted by molar-refractivity contribution is 7.99. The molecule has 2 nitrogen and oxygen atoms in total. The van der Waals surface area contributed by atoms with Crippen molar-refractivity contribution >= 4 is 23.1 Å². The Morgan fingerprint density at radius 3 is 1.69 bits per heavy atom. The summed E-state index contributed by atoms with van der Waals surface area (Å²) in [7, 11) is 1.47. The zero-order valence-corrected chi connectivity index (χ0v) is 14.2. The van der Waals surface area contributed by atoms with Gasteiger partial charge < -0.3 is 9.64 Å². The third kappa shape index (κ3) is 3.64. The first-order valence-electron chi connectivity index (χ1n) is 7.48. The van der Waals surface area contributed by atoms with Crippen molar-refractivity contribution in [3.63, 3.8) is 0 Å². The molecule has 1 aliphatic rings. The molecule has 0 aliphatic carbocycles. The maximum atomic E-state index is 13.0. The Bertz CT molecular complexity index is 754. The van der Waals surface area contributed by atoms with E-state index in [9.17, 15) is 26.3 Å². The van der Waals surface area contributed by atoms with Crippen LogP contribution in [0.25, 0.3) is 0 Å². The molecular weight excluding hydrogens is 380 g/mol. The van der Waals surface area contributed by atoms with Crippen molar-refractivity contribution < 1.29 is 31.1 Å². The van der Waals surface area contributed by atoms with Crippen LogP contribution in [-0.4, -0.2) is 20.3 Å². The van der Waals surface area contributed by atoms with Gasteiger partial charge in [0.05, 0.1) is 29.1 Å². The van der Waals surface area contributed by atoms with Crippen molar-refractivity contribution in [2.75, 3.05) is 25.2 Å². The third-order valence-corrected chi connectivity index (χ3v) is 4.99. The molecule has 2 aromatic carbocycles. The van der Waals surface area contributed by atoms with Gasteiger partial charge in [-0.1, -0.05) is 11.8 Å². The molecule has 0 saturated heterocycles. The summed E-state index contributed by atoms with van der Waals surface area (Å²) < 4.78 is 82.9. The standard InChI is InChI=1S/C17H13F6NOS/c1-25-7-6-24-12-4-2-10(16(18,19)20)8-14(12)26-15-9-11(17(21,22)23)3-5-13(15)24/h2-5,8-9H,6-7H2,1H3. The first kappa shape index (κ1) is 18.9. The normalized spacial score (nSPS) is 14.2. The van der Waals surface area contributed by atoms with Crippen LogP contribution in [0.2, 0.25) is 0 Å². The molecule has 0 fully saturated rings. The van der Waals surface area contributed by atoms with Crippen molar-refractivity contribution in [3.8, 4) is 0 Å². The molecule has 0 bridgehead atoms. The first-order chi connectivity index (χ1) is 12.1. The number of anilines is 2. The lowest BCUT2D eigenvalue weighted by Gasteiger charge is -2.33. The molecule has 0 spiro atoms. The molecule has 140 valence electrons. The van der Waals surface area contributed by atoms with Gasteiger partial charge in [-0.05, 0) is 36.4 Å². The van der Waals surface area contributed by atoms with Crippen LogP contribution >= 0.6 is 11.8 Å². The molecule has 0 radical (unpaired) electrons. The van der Waals surface area contributed by atoms with Gasteiger partial charge in [-0.2, -0.15) is 26.3 Å². The van der Waals surface area contributed by atoms with Crippen molar-refractivity contribution in [1.82, 2.24) is 0 Å². The maximum absolute atomic E-state index is 13.0. The summed E-state index contributed by atoms with van der Waals surface area (Å²) >= 11 is 0.898. The summed E-state index contributed by atoms with van der Waals surface area (Å²) in [5, 5.41) is 0. The number of hydrogen-bond donors (Lipinski definition) is 0. The van der Waals surface area contributed by atoms with Crippen LogP contribution in [-0.2, 0) is 17.1 Å². The SMILES string of the molecule is COCCN1c2ccc(C(F)(F)F)cc2Sc2cc(C(F)(F)F)ccc21. The summed E-state index contributed by atoms with van der Waals surface area (Å²) in [6.45, 7) is 0.569. The Kier molecular flexibility index (Phi) is 4.87. The number of fused-ring (bicyclic) bond motifs is 2. The van der Waals surface area contributed by atoms with Gasteiger partial charge in [-0.25, -0.2) is 0 Å². The fourth-order valence-electron chi connectivity index (χ4n) is 2.66. The molecule has 3 rings (SSSR count). The fourth-order valence-corrected chi connectivity index (χ4v) is 3.84. The minimum atomic E-state index is -4.53. The van der Waals surface area contributed by atoms with Crippen molar-refractivity contribution in [2.45, 2.75) is 22.1 Å². The average molecular weight is 393 g/mol. The molecule has 1 heterocycles. The first-order valence-corrected chi connectivity index (χ1v) is 8.30. The Morgan fingerprint density at radius 2 is 1.31 bits per heavy atom. The summed E-state index contributed by atoms with van der Waals surface area (Å²) in [4.78, 5) is 2.18. The highest BCUT2D eigenvalue weighted by atomic mass is 32.2. The predicted octanol–water partition coefficient (Wildman–Crippen LogP) is 5.97. The van der Waals surface area contributed by atoms with Crippen molar-refractivity contribution in [1.29, 1.82) is 0 Å². The number of nitrogens with zero attached hydrogens (tertiary/aromatic N) is 1. The highest BCUT2D eigenvalue weighted by Gasteiger charge is 2.35. The van der Waals surface area contributed by atoms with Gasteiger partial charge in [0, 0.05) is 23.4 Å². The number of hydrogen-bond acceptors (Lipinski definition) is 3. The lowest BCUT2D eigenvalue weighted by molar-refractivity contribution is -0.138. The number of halogens is 6. The van der Waals surface area contributed by atoms with Crippen LogP contribution in [0.3, 0.4) is 0 Å². The molecule has 0 aromatic heterocycles. The average Bonchev–Trinajstić information content (AvgIpc) is 2.56. The number of rotatable bonds is 3. The zero-order valence-electron chi connectivity index (χ0n) is 13.4. The van der Waals surface area contributed by atoms with Crippen molar-refractivity contribution in [3.05, 3.63) is 47.5 Å². The van der Waals surface area contributed by atoms with Crippen molar-refractivity contribution in [2.24, 2.45) is 0 Å². The summed E-state index contributed by atoms with van der Waals surface area (Å²) in [6.07, 6.45) is -9.05. The molecule has 0 amide bonds. The van der Waals surface area contributed by atoms with Gasteiger partial charge in [0.25, 0.3) is 0 Å². The molecule has 0 N–H and O–H groups in total. The monoisotopic (exact) mass is 393 g/mol. The number of alkyl halides is 6. The zero-order chi connectivity index (χ0) is 19.1. The fraction of sp³-hybridized carbons (Fsp3) is 0.294. The van der Waals surface area contributed by atoms with E-state index >= 15 is 0 Å². The summed E-state index contributed by atoms with van der Waals surface area (Å²) in [6, 6.07) is 6.53. The minimum absolute atomic E-state index is 0.253. The van der Waals surface area contributed by atoms with Crippen LogP contribution in [0.5, 0.6) is 0 Å². The Balaban J connectivity index is 2.09. The van der Waals surface area contributed by atoms with E-state index in [0.717, 1.165) is 36.0 Å². The quantitative estimate of drug-likeness (QED) is 0.596. The van der Waals surface area contributed by atoms with Crippen LogP contribution in [0.15, 0.2) is 46.2 Å². The maximum Gasteiger partial charge on any atom is 0.416 e. The topological polar surface area (TPSA) is 12.5 Å². The molecule has 0 atom stereocenters. The Labute approximate surface area is 149 Å². The van der Waals surface area contributed by atoms with Gasteiger partial charge in [0.15, 0.2) is 0 Å². The van der Waals surface area contributed by atoms with Crippen LogP contribution < -0.4 is 4.90 Å². The molecule has 0 unspecified atom stereocenters. The summed E-state index contributed by atoms with van der Waals surface area (Å²) in [5.41, 5.74) is -0.670. The van der Waals surface area contributed by atoms with E-state index in [2.05, 4.69) is 0 Å². The predicted molar refractivity (Wildman–Crippen MR) is 85.9 cm³/mol. The molecule has 2 aromatic rings. The van der Waals surface area contributed by atoms with E-state index in [1.54, 1.807) is 4.90 Å². The van der Waals surface area contributed by atoms with Gasteiger partial charge in [0.1, 0.15) is 0 Å². The Morgan fingerprint density at radius 1 is 0.846 bits per heavy atom. The van der Waals surface area contributed by atoms with Crippen LogP contribution in [0.4, 0.5) is 37.7 Å². The van der Waals surface area contributed by atoms with Gasteiger partial charge >= 0.3 is 12.4 Å². The lowest BCUT2D eigenvalue weighted by Crippen LogP contribution is -2.25. The van der Waals surface area contributed by atoms with E-state index in [-0.39, 0.29) is 16.4 Å². The second-order valence-corrected chi connectivity index (χ2v) is 6.69. The largest absolute Gasteiger partial charge is 0.416 e. The highest BCUT2D eigenvalue weighted by Crippen LogP contribution is 2.50. The third-order valence-electron chi connectivity index (χ3n) is 3.89. The van der Waals surface area contributed by atoms with E-state index in [4.69, 9.17) is 4.74 Å². The smallest absolute Gasteiger partial charge is 0.383 e. The number of methoxy groups -OCH3 is 1. The summed E-state index contributed by atoms with van der Waals surface area (Å²) in [5.74, 6) is 0. The molecule has 1 aliphatic heterocycles. The van der Waals surface area contributed by atoms with Crippen LogP contribution in [0.1, 0.15) is 11.1 Å². The van der Waals surface area contributed by atoms with Crippen LogP contribution in [0, 0.1) is 0 Å². The van der Waals surface area contributed by atoms with E-state index in [0.29, 0.717) is 17.9 Å².